The summed E-state index contributed by atoms with van der Waals surface area (Å²) in [4.78, 5) is 43.2. The number of ether oxygens (including phenoxy) is 1. The van der Waals surface area contributed by atoms with Crippen LogP contribution in [-0.4, -0.2) is 46.5 Å². The highest BCUT2D eigenvalue weighted by atomic mass is 16.6. The lowest BCUT2D eigenvalue weighted by molar-refractivity contribution is -0.143. The largest absolute Gasteiger partial charge is 0.444 e. The molecule has 5 atom stereocenters. The van der Waals surface area contributed by atoms with Crippen molar-refractivity contribution in [3.05, 3.63) is 70.8 Å². The van der Waals surface area contributed by atoms with E-state index in [0.29, 0.717) is 0 Å². The zero-order valence-electron chi connectivity index (χ0n) is 25.4. The average molecular weight is 550 g/mol. The van der Waals surface area contributed by atoms with Crippen LogP contribution >= 0.6 is 0 Å². The summed E-state index contributed by atoms with van der Waals surface area (Å²) in [6, 6.07) is 13.7. The molecule has 0 heterocycles. The molecule has 40 heavy (non-hydrogen) atoms. The van der Waals surface area contributed by atoms with Gasteiger partial charge in [0, 0.05) is 18.5 Å². The van der Waals surface area contributed by atoms with Gasteiger partial charge in [-0.25, -0.2) is 4.79 Å². The number of aryl methyl sites for hydroxylation is 2. The van der Waals surface area contributed by atoms with E-state index in [4.69, 9.17) is 4.74 Å². The molecule has 3 rings (SSSR count). The van der Waals surface area contributed by atoms with Crippen LogP contribution in [0.5, 0.6) is 0 Å². The van der Waals surface area contributed by atoms with Gasteiger partial charge in [-0.2, -0.15) is 0 Å². The molecule has 7 heteroatoms. The lowest BCUT2D eigenvalue weighted by Gasteiger charge is -2.36. The number of hydrogen-bond acceptors (Lipinski definition) is 4. The zero-order chi connectivity index (χ0) is 29.6. The van der Waals surface area contributed by atoms with Gasteiger partial charge in [-0.15, -0.1) is 0 Å². The maximum absolute atomic E-state index is 14.5. The summed E-state index contributed by atoms with van der Waals surface area (Å²) in [5.41, 5.74) is 3.14. The molecule has 218 valence electrons. The van der Waals surface area contributed by atoms with E-state index < -0.39 is 23.8 Å². The van der Waals surface area contributed by atoms with Crippen LogP contribution in [0.4, 0.5) is 4.79 Å². The van der Waals surface area contributed by atoms with Gasteiger partial charge in [-0.1, -0.05) is 68.8 Å². The number of alkyl carbamates (subject to hydrolysis) is 1. The van der Waals surface area contributed by atoms with Crippen LogP contribution in [0, 0.1) is 19.8 Å². The van der Waals surface area contributed by atoms with Gasteiger partial charge in [0.2, 0.25) is 11.8 Å². The van der Waals surface area contributed by atoms with E-state index in [-0.39, 0.29) is 36.2 Å². The van der Waals surface area contributed by atoms with E-state index in [1.165, 1.54) is 0 Å². The smallest absolute Gasteiger partial charge is 0.408 e. The van der Waals surface area contributed by atoms with Gasteiger partial charge >= 0.3 is 6.09 Å². The van der Waals surface area contributed by atoms with Crippen LogP contribution in [0.1, 0.15) is 89.1 Å². The van der Waals surface area contributed by atoms with Crippen LogP contribution in [0.2, 0.25) is 0 Å². The predicted octanol–water partition coefficient (Wildman–Crippen LogP) is 6.02. The molecule has 0 saturated heterocycles. The summed E-state index contributed by atoms with van der Waals surface area (Å²) >= 11 is 0. The summed E-state index contributed by atoms with van der Waals surface area (Å²) in [6.45, 7) is 15.6. The highest BCUT2D eigenvalue weighted by Crippen LogP contribution is 2.41. The van der Waals surface area contributed by atoms with E-state index in [1.807, 2.05) is 69.3 Å². The Labute approximate surface area is 240 Å². The van der Waals surface area contributed by atoms with Crippen LogP contribution < -0.4 is 10.6 Å². The molecule has 1 fully saturated rings. The monoisotopic (exact) mass is 549 g/mol. The standard InChI is InChI=1S/C33H47N3O4/c1-9-13-24(5)34-30(37)29(26-17-16-21(2)22(3)18-26)36(28-19-23(28)4)31(38)27(20-25-14-11-10-12-15-25)35-32(39)40-33(6,7)8/h10-12,14-18,23-24,27-29H,9,13,19-20H2,1-8H3,(H,34,37)(H,35,39). The van der Waals surface area contributed by atoms with Crippen LogP contribution in [0.3, 0.4) is 0 Å². The SMILES string of the molecule is CCCC(C)NC(=O)C(c1ccc(C)c(C)c1)N(C(=O)C(Cc1ccccc1)NC(=O)OC(C)(C)C)C1CC1C. The number of carbonyl (C=O) groups is 3. The van der Waals surface area contributed by atoms with Crippen molar-refractivity contribution in [2.75, 3.05) is 0 Å². The molecule has 1 aliphatic carbocycles. The van der Waals surface area contributed by atoms with Gasteiger partial charge in [0.15, 0.2) is 0 Å². The summed E-state index contributed by atoms with van der Waals surface area (Å²) in [6.07, 6.45) is 2.21. The van der Waals surface area contributed by atoms with Gasteiger partial charge in [0.05, 0.1) is 0 Å². The molecule has 0 aliphatic heterocycles. The highest BCUT2D eigenvalue weighted by Gasteiger charge is 2.48. The molecular weight excluding hydrogens is 502 g/mol. The first-order chi connectivity index (χ1) is 18.8. The van der Waals surface area contributed by atoms with Crippen molar-refractivity contribution in [3.8, 4) is 0 Å². The Kier molecular flexibility index (Phi) is 10.4. The molecule has 2 aromatic rings. The normalized spacial score (nSPS) is 18.7. The van der Waals surface area contributed by atoms with Gasteiger partial charge in [-0.05, 0) is 82.6 Å². The number of nitrogens with zero attached hydrogens (tertiary/aromatic N) is 1. The third kappa shape index (κ3) is 8.57. The minimum Gasteiger partial charge on any atom is -0.444 e. The van der Waals surface area contributed by atoms with Crippen molar-refractivity contribution >= 4 is 17.9 Å². The topological polar surface area (TPSA) is 87.7 Å². The second-order valence-corrected chi connectivity index (χ2v) is 12.4. The van der Waals surface area contributed by atoms with E-state index in [1.54, 1.807) is 25.7 Å². The van der Waals surface area contributed by atoms with E-state index in [0.717, 1.165) is 41.5 Å². The minimum absolute atomic E-state index is 0.0277. The molecule has 0 radical (unpaired) electrons. The Morgan fingerprint density at radius 3 is 2.23 bits per heavy atom. The van der Waals surface area contributed by atoms with Crippen molar-refractivity contribution in [1.82, 2.24) is 15.5 Å². The van der Waals surface area contributed by atoms with Gasteiger partial charge < -0.3 is 20.3 Å². The average Bonchev–Trinajstić information content (AvgIpc) is 3.58. The van der Waals surface area contributed by atoms with Crippen LogP contribution in [0.25, 0.3) is 0 Å². The van der Waals surface area contributed by atoms with E-state index >= 15 is 0 Å². The third-order valence-electron chi connectivity index (χ3n) is 7.43. The maximum Gasteiger partial charge on any atom is 0.408 e. The van der Waals surface area contributed by atoms with Gasteiger partial charge in [0.1, 0.15) is 17.7 Å². The quantitative estimate of drug-likeness (QED) is 0.359. The molecule has 3 amide bonds. The number of nitrogens with one attached hydrogen (secondary N) is 2. The maximum atomic E-state index is 14.5. The first kappa shape index (κ1) is 31.2. The van der Waals surface area contributed by atoms with Crippen molar-refractivity contribution in [3.63, 3.8) is 0 Å². The molecule has 1 saturated carbocycles. The second-order valence-electron chi connectivity index (χ2n) is 12.4. The number of hydrogen-bond donors (Lipinski definition) is 2. The lowest BCUT2D eigenvalue weighted by Crippen LogP contribution is -2.55. The Balaban J connectivity index is 2.05. The number of amides is 3. The summed E-state index contributed by atoms with van der Waals surface area (Å²) < 4.78 is 5.53. The fraction of sp³-hybridized carbons (Fsp3) is 0.545. The predicted molar refractivity (Wildman–Crippen MR) is 159 cm³/mol. The first-order valence-electron chi connectivity index (χ1n) is 14.5. The summed E-state index contributed by atoms with van der Waals surface area (Å²) in [5.74, 6) is -0.240. The molecule has 5 unspecified atom stereocenters. The Bertz CT molecular complexity index is 1170. The van der Waals surface area contributed by atoms with Crippen molar-refractivity contribution in [2.24, 2.45) is 5.92 Å². The van der Waals surface area contributed by atoms with E-state index in [2.05, 4.69) is 24.5 Å². The van der Waals surface area contributed by atoms with E-state index in [9.17, 15) is 14.4 Å². The highest BCUT2D eigenvalue weighted by molar-refractivity contribution is 5.93. The lowest BCUT2D eigenvalue weighted by atomic mass is 9.96. The Morgan fingerprint density at radius 2 is 1.68 bits per heavy atom. The molecule has 2 N–H and O–H groups in total. The molecule has 0 aromatic heterocycles. The molecule has 0 bridgehead atoms. The summed E-state index contributed by atoms with van der Waals surface area (Å²) in [5, 5.41) is 6.00. The zero-order valence-corrected chi connectivity index (χ0v) is 25.4. The van der Waals surface area contributed by atoms with Crippen LogP contribution in [-0.2, 0) is 20.7 Å². The van der Waals surface area contributed by atoms with Crippen LogP contribution in [0.15, 0.2) is 48.5 Å². The molecule has 1 aliphatic rings. The van der Waals surface area contributed by atoms with Gasteiger partial charge in [0.25, 0.3) is 0 Å². The molecule has 7 nitrogen and oxygen atoms in total. The fourth-order valence-electron chi connectivity index (χ4n) is 5.05. The number of carbonyl (C=O) groups excluding carboxylic acids is 3. The minimum atomic E-state index is -0.903. The molecule has 0 spiro atoms. The fourth-order valence-corrected chi connectivity index (χ4v) is 5.05. The Hall–Kier alpha value is -3.35. The van der Waals surface area contributed by atoms with Gasteiger partial charge in [-0.3, -0.25) is 9.59 Å². The van der Waals surface area contributed by atoms with Crippen molar-refractivity contribution in [2.45, 2.75) is 111 Å². The number of rotatable bonds is 11. The van der Waals surface area contributed by atoms with Crippen molar-refractivity contribution in [1.29, 1.82) is 0 Å². The molecular formula is C33H47N3O4. The number of benzene rings is 2. The Morgan fingerprint density at radius 1 is 1.02 bits per heavy atom. The first-order valence-corrected chi connectivity index (χ1v) is 14.5. The van der Waals surface area contributed by atoms with Crippen molar-refractivity contribution < 1.29 is 19.1 Å². The summed E-state index contributed by atoms with van der Waals surface area (Å²) in [7, 11) is 0. The molecule has 2 aromatic carbocycles. The third-order valence-corrected chi connectivity index (χ3v) is 7.43. The second kappa shape index (κ2) is 13.3.